The van der Waals surface area contributed by atoms with Gasteiger partial charge in [-0.15, -0.1) is 4.80 Å². The Bertz CT molecular complexity index is 1370. The number of rotatable bonds is 3. The summed E-state index contributed by atoms with van der Waals surface area (Å²) in [6.07, 6.45) is 6.84. The fourth-order valence-electron chi connectivity index (χ4n) is 4.09. The highest BCUT2D eigenvalue weighted by Crippen LogP contribution is 2.45. The lowest BCUT2D eigenvalue weighted by molar-refractivity contribution is -0.117. The Labute approximate surface area is 181 Å². The summed E-state index contributed by atoms with van der Waals surface area (Å²) >= 11 is 6.31. The van der Waals surface area contributed by atoms with Gasteiger partial charge in [-0.2, -0.15) is 20.6 Å². The number of nitriles is 1. The number of nitrogens with zero attached hydrogens (tertiary/aromatic N) is 8. The molecule has 0 fully saturated rings. The van der Waals surface area contributed by atoms with E-state index in [2.05, 4.69) is 44.4 Å². The molecule has 0 aromatic carbocycles. The molecular formula is C20H16ClN9O. The van der Waals surface area contributed by atoms with Gasteiger partial charge in [-0.3, -0.25) is 4.79 Å². The second-order valence-corrected chi connectivity index (χ2v) is 8.36. The van der Waals surface area contributed by atoms with E-state index in [0.717, 1.165) is 11.3 Å². The van der Waals surface area contributed by atoms with E-state index in [1.807, 2.05) is 6.07 Å². The lowest BCUT2D eigenvalue weighted by Crippen LogP contribution is -2.21. The van der Waals surface area contributed by atoms with Crippen molar-refractivity contribution in [1.82, 2.24) is 34.6 Å². The molecule has 0 aliphatic heterocycles. The van der Waals surface area contributed by atoms with Gasteiger partial charge in [0.1, 0.15) is 6.07 Å². The van der Waals surface area contributed by atoms with Crippen LogP contribution >= 0.6 is 11.6 Å². The van der Waals surface area contributed by atoms with E-state index in [-0.39, 0.29) is 17.0 Å². The number of halogens is 1. The van der Waals surface area contributed by atoms with Crippen molar-refractivity contribution in [2.75, 3.05) is 5.32 Å². The maximum atomic E-state index is 13.2. The summed E-state index contributed by atoms with van der Waals surface area (Å²) in [5.41, 5.74) is 2.69. The molecule has 1 aliphatic carbocycles. The molecule has 4 aromatic heterocycles. The van der Waals surface area contributed by atoms with Crippen LogP contribution in [-0.4, -0.2) is 40.5 Å². The van der Waals surface area contributed by atoms with Crippen LogP contribution < -0.4 is 5.32 Å². The predicted octanol–water partition coefficient (Wildman–Crippen LogP) is 2.63. The number of aromatic nitrogens is 7. The molecule has 31 heavy (non-hydrogen) atoms. The molecule has 1 aliphatic rings. The van der Waals surface area contributed by atoms with Crippen LogP contribution in [0.15, 0.2) is 36.9 Å². The number of nitrogens with one attached hydrogen (secondary N) is 1. The fraction of sp³-hybridized carbons (Fsp3) is 0.250. The summed E-state index contributed by atoms with van der Waals surface area (Å²) in [4.78, 5) is 23.1. The Morgan fingerprint density at radius 3 is 2.74 bits per heavy atom. The Morgan fingerprint density at radius 2 is 2.03 bits per heavy atom. The highest BCUT2D eigenvalue weighted by molar-refractivity contribution is 6.32. The second-order valence-electron chi connectivity index (χ2n) is 7.95. The van der Waals surface area contributed by atoms with Gasteiger partial charge in [0.25, 0.3) is 0 Å². The van der Waals surface area contributed by atoms with E-state index in [1.165, 1.54) is 23.4 Å². The predicted molar refractivity (Wildman–Crippen MR) is 111 cm³/mol. The minimum Gasteiger partial charge on any atom is -0.324 e. The molecule has 1 atom stereocenters. The number of hydrogen-bond acceptors (Lipinski definition) is 7. The molecule has 11 heteroatoms. The molecule has 0 unspecified atom stereocenters. The zero-order chi connectivity index (χ0) is 21.8. The normalized spacial score (nSPS) is 16.8. The molecule has 0 bridgehead atoms. The maximum absolute atomic E-state index is 13.2. The van der Waals surface area contributed by atoms with Crippen LogP contribution in [0.3, 0.4) is 0 Å². The third-order valence-electron chi connectivity index (χ3n) is 5.37. The number of amides is 1. The van der Waals surface area contributed by atoms with Crippen LogP contribution in [0.1, 0.15) is 43.1 Å². The molecule has 154 valence electrons. The van der Waals surface area contributed by atoms with Gasteiger partial charge >= 0.3 is 0 Å². The maximum Gasteiger partial charge on any atom is 0.232 e. The number of carbonyl (C=O) groups is 1. The third kappa shape index (κ3) is 3.10. The van der Waals surface area contributed by atoms with Crippen molar-refractivity contribution in [2.45, 2.75) is 31.6 Å². The Kier molecular flexibility index (Phi) is 4.23. The molecule has 0 radical (unpaired) electrons. The zero-order valence-corrected chi connectivity index (χ0v) is 17.4. The first-order chi connectivity index (χ1) is 14.9. The number of pyridine rings is 1. The van der Waals surface area contributed by atoms with Crippen molar-refractivity contribution in [3.8, 4) is 11.9 Å². The fourth-order valence-corrected chi connectivity index (χ4v) is 4.33. The summed E-state index contributed by atoms with van der Waals surface area (Å²) in [5, 5.41) is 24.7. The van der Waals surface area contributed by atoms with Crippen molar-refractivity contribution in [1.29, 1.82) is 5.26 Å². The van der Waals surface area contributed by atoms with Crippen LogP contribution in [-0.2, 0) is 10.2 Å². The molecule has 4 aromatic rings. The Morgan fingerprint density at radius 1 is 1.26 bits per heavy atom. The van der Waals surface area contributed by atoms with E-state index in [4.69, 9.17) is 11.6 Å². The van der Waals surface area contributed by atoms with Crippen molar-refractivity contribution in [2.24, 2.45) is 0 Å². The highest BCUT2D eigenvalue weighted by atomic mass is 35.5. The average molecular weight is 434 g/mol. The van der Waals surface area contributed by atoms with E-state index >= 15 is 0 Å². The van der Waals surface area contributed by atoms with Gasteiger partial charge in [0.15, 0.2) is 17.2 Å². The van der Waals surface area contributed by atoms with Gasteiger partial charge < -0.3 is 5.32 Å². The van der Waals surface area contributed by atoms with Gasteiger partial charge in [-0.05, 0) is 12.5 Å². The van der Waals surface area contributed by atoms with Gasteiger partial charge in [0.05, 0.1) is 40.9 Å². The minimum absolute atomic E-state index is 0.191. The van der Waals surface area contributed by atoms with Crippen LogP contribution in [0.4, 0.5) is 5.69 Å². The van der Waals surface area contributed by atoms with Crippen LogP contribution in [0, 0.1) is 11.3 Å². The van der Waals surface area contributed by atoms with Crippen LogP contribution in [0.5, 0.6) is 0 Å². The molecule has 1 amide bonds. The van der Waals surface area contributed by atoms with Gasteiger partial charge in [0.2, 0.25) is 5.91 Å². The largest absolute Gasteiger partial charge is 0.324 e. The van der Waals surface area contributed by atoms with Crippen LogP contribution in [0.2, 0.25) is 5.02 Å². The standard InChI is InChI=1S/C20H16ClN9O/c1-20(2)7-13(14-10-23-16-6-11(8-22)28-29(16)17(14)20)19(31)27-12-5-15(21)18(24-9-12)30-25-3-4-26-30/h3-6,9-10,13H,7H2,1-2H3,(H,27,31)/t13-/m0/s1. The first kappa shape index (κ1) is 19.1. The lowest BCUT2D eigenvalue weighted by Gasteiger charge is -2.19. The molecule has 0 spiro atoms. The van der Waals surface area contributed by atoms with Crippen LogP contribution in [0.25, 0.3) is 11.5 Å². The molecule has 0 saturated heterocycles. The number of anilines is 1. The molecule has 4 heterocycles. The van der Waals surface area contributed by atoms with Crippen molar-refractivity contribution < 1.29 is 4.79 Å². The molecular weight excluding hydrogens is 418 g/mol. The summed E-state index contributed by atoms with van der Waals surface area (Å²) in [6.45, 7) is 4.10. The first-order valence-electron chi connectivity index (χ1n) is 9.50. The molecule has 10 nitrogen and oxygen atoms in total. The highest BCUT2D eigenvalue weighted by Gasteiger charge is 2.43. The SMILES string of the molecule is CC1(C)C[C@H](C(=O)Nc2cnc(-n3nccn3)c(Cl)c2)c2cnc3cc(C#N)nn3c21. The average Bonchev–Trinajstić information content (AvgIpc) is 3.45. The summed E-state index contributed by atoms with van der Waals surface area (Å²) < 4.78 is 1.67. The summed E-state index contributed by atoms with van der Waals surface area (Å²) in [7, 11) is 0. The van der Waals surface area contributed by atoms with Crippen molar-refractivity contribution >= 4 is 28.8 Å². The molecule has 1 N–H and O–H groups in total. The van der Waals surface area contributed by atoms with Gasteiger partial charge in [0, 0.05) is 23.2 Å². The molecule has 5 rings (SSSR count). The Hall–Kier alpha value is -3.84. The van der Waals surface area contributed by atoms with Crippen molar-refractivity contribution in [3.63, 3.8) is 0 Å². The minimum atomic E-state index is -0.428. The van der Waals surface area contributed by atoms with E-state index in [0.29, 0.717) is 28.6 Å². The summed E-state index contributed by atoms with van der Waals surface area (Å²) in [5.74, 6) is -0.248. The topological polar surface area (TPSA) is 127 Å². The number of hydrogen-bond donors (Lipinski definition) is 1. The Balaban J connectivity index is 1.46. The smallest absolute Gasteiger partial charge is 0.232 e. The third-order valence-corrected chi connectivity index (χ3v) is 5.65. The van der Waals surface area contributed by atoms with E-state index in [9.17, 15) is 10.1 Å². The molecule has 0 saturated carbocycles. The quantitative estimate of drug-likeness (QED) is 0.526. The van der Waals surface area contributed by atoms with Gasteiger partial charge in [-0.25, -0.2) is 14.5 Å². The van der Waals surface area contributed by atoms with Gasteiger partial charge in [-0.1, -0.05) is 25.4 Å². The van der Waals surface area contributed by atoms with Crippen molar-refractivity contribution in [3.05, 3.63) is 58.9 Å². The monoisotopic (exact) mass is 433 g/mol. The first-order valence-corrected chi connectivity index (χ1v) is 9.87. The summed E-state index contributed by atoms with van der Waals surface area (Å²) in [6, 6.07) is 5.28. The number of fused-ring (bicyclic) bond motifs is 3. The lowest BCUT2D eigenvalue weighted by atomic mass is 9.88. The second kappa shape index (κ2) is 6.85. The van der Waals surface area contributed by atoms with E-state index in [1.54, 1.807) is 22.8 Å². The van der Waals surface area contributed by atoms with E-state index < -0.39 is 5.92 Å². The zero-order valence-electron chi connectivity index (χ0n) is 16.6. The number of carbonyl (C=O) groups excluding carboxylic acids is 1.